The van der Waals surface area contributed by atoms with Gasteiger partial charge in [0, 0.05) is 11.9 Å². The molecule has 0 radical (unpaired) electrons. The van der Waals surface area contributed by atoms with Gasteiger partial charge in [0.15, 0.2) is 6.10 Å². The number of rotatable bonds is 3. The van der Waals surface area contributed by atoms with Gasteiger partial charge in [-0.05, 0) is 37.3 Å². The van der Waals surface area contributed by atoms with Crippen molar-refractivity contribution in [3.8, 4) is 5.75 Å². The lowest BCUT2D eigenvalue weighted by Gasteiger charge is -2.27. The van der Waals surface area contributed by atoms with E-state index in [4.69, 9.17) is 14.2 Å². The van der Waals surface area contributed by atoms with Crippen LogP contribution in [0.1, 0.15) is 6.92 Å². The number of esters is 2. The van der Waals surface area contributed by atoms with E-state index in [2.05, 4.69) is 5.32 Å². The number of fused-ring (bicyclic) bond motifs is 1. The number of amides is 1. The fourth-order valence-electron chi connectivity index (χ4n) is 2.71. The normalized spacial score (nSPS) is 18.3. The van der Waals surface area contributed by atoms with Crippen molar-refractivity contribution in [3.05, 3.63) is 53.9 Å². The number of carbonyl (C=O) groups is 3. The number of hydrogen-bond acceptors (Lipinski definition) is 7. The molecule has 0 spiro atoms. The molecular weight excluding hydrogens is 352 g/mol. The van der Waals surface area contributed by atoms with Crippen molar-refractivity contribution in [1.29, 1.82) is 0 Å². The van der Waals surface area contributed by atoms with E-state index >= 15 is 0 Å². The van der Waals surface area contributed by atoms with Gasteiger partial charge in [-0.15, -0.1) is 0 Å². The number of carbonyl (C=O) groups excluding carboxylic acids is 3. The van der Waals surface area contributed by atoms with Crippen molar-refractivity contribution in [1.82, 2.24) is 0 Å². The summed E-state index contributed by atoms with van der Waals surface area (Å²) in [4.78, 5) is 38.0. The second-order valence-electron chi connectivity index (χ2n) is 5.75. The SMILES string of the molecule is COC(=O)C1=C(C(=O)OC)N(c2ccc3c(c2)NC(=O)C(C)O3)C=CC=C1. The van der Waals surface area contributed by atoms with Crippen molar-refractivity contribution >= 4 is 29.2 Å². The van der Waals surface area contributed by atoms with Crippen LogP contribution < -0.4 is 15.0 Å². The van der Waals surface area contributed by atoms with Gasteiger partial charge in [0.05, 0.1) is 25.5 Å². The first-order chi connectivity index (χ1) is 13.0. The minimum atomic E-state index is -0.710. The molecule has 8 nitrogen and oxygen atoms in total. The van der Waals surface area contributed by atoms with E-state index in [0.717, 1.165) is 0 Å². The summed E-state index contributed by atoms with van der Waals surface area (Å²) in [6.45, 7) is 1.65. The van der Waals surface area contributed by atoms with Crippen LogP contribution in [-0.4, -0.2) is 38.2 Å². The predicted octanol–water partition coefficient (Wildman–Crippen LogP) is 1.90. The molecule has 0 fully saturated rings. The Balaban J connectivity index is 2.11. The summed E-state index contributed by atoms with van der Waals surface area (Å²) in [5.41, 5.74) is 1.02. The Hall–Kier alpha value is -3.55. The second kappa shape index (κ2) is 7.36. The smallest absolute Gasteiger partial charge is 0.355 e. The molecule has 0 aliphatic carbocycles. The summed E-state index contributed by atoms with van der Waals surface area (Å²) < 4.78 is 15.2. The molecule has 1 amide bonds. The highest BCUT2D eigenvalue weighted by atomic mass is 16.5. The second-order valence-corrected chi connectivity index (χ2v) is 5.75. The number of nitrogens with zero attached hydrogens (tertiary/aromatic N) is 1. The molecule has 2 heterocycles. The van der Waals surface area contributed by atoms with Gasteiger partial charge in [-0.25, -0.2) is 9.59 Å². The fraction of sp³-hybridized carbons (Fsp3) is 0.211. The van der Waals surface area contributed by atoms with Crippen LogP contribution in [-0.2, 0) is 23.9 Å². The largest absolute Gasteiger partial charge is 0.479 e. The van der Waals surface area contributed by atoms with Gasteiger partial charge in [-0.1, -0.05) is 6.08 Å². The van der Waals surface area contributed by atoms with Crippen molar-refractivity contribution in [2.45, 2.75) is 13.0 Å². The van der Waals surface area contributed by atoms with Gasteiger partial charge >= 0.3 is 11.9 Å². The molecule has 1 unspecified atom stereocenters. The summed E-state index contributed by atoms with van der Waals surface area (Å²) >= 11 is 0. The number of hydrogen-bond donors (Lipinski definition) is 1. The average molecular weight is 370 g/mol. The molecule has 1 atom stereocenters. The summed E-state index contributed by atoms with van der Waals surface area (Å²) in [7, 11) is 2.46. The maximum atomic E-state index is 12.4. The third-order valence-electron chi connectivity index (χ3n) is 4.06. The highest BCUT2D eigenvalue weighted by molar-refractivity contribution is 6.06. The molecule has 27 heavy (non-hydrogen) atoms. The minimum Gasteiger partial charge on any atom is -0.479 e. The standard InChI is InChI=1S/C19H18N2O6/c1-11-17(22)20-14-10-12(7-8-15(14)27-11)21-9-5-4-6-13(18(23)25-2)16(21)19(24)26-3/h4-11H,1-3H3,(H,20,22). The Morgan fingerprint density at radius 2 is 1.89 bits per heavy atom. The number of benzene rings is 1. The molecule has 3 rings (SSSR count). The molecule has 1 aromatic rings. The maximum absolute atomic E-state index is 12.4. The number of nitrogens with one attached hydrogen (secondary N) is 1. The lowest BCUT2D eigenvalue weighted by atomic mass is 10.1. The number of allylic oxidation sites excluding steroid dienone is 2. The maximum Gasteiger partial charge on any atom is 0.355 e. The molecule has 2 aliphatic heterocycles. The van der Waals surface area contributed by atoms with Gasteiger partial charge in [0.1, 0.15) is 11.4 Å². The quantitative estimate of drug-likeness (QED) is 0.812. The Bertz CT molecular complexity index is 899. The van der Waals surface area contributed by atoms with Crippen molar-refractivity contribution < 1.29 is 28.6 Å². The van der Waals surface area contributed by atoms with E-state index in [0.29, 0.717) is 17.1 Å². The van der Waals surface area contributed by atoms with Crippen LogP contribution in [0.5, 0.6) is 5.75 Å². The average Bonchev–Trinajstić information content (AvgIpc) is 2.90. The fourth-order valence-corrected chi connectivity index (χ4v) is 2.71. The molecule has 0 aromatic heterocycles. The lowest BCUT2D eigenvalue weighted by Crippen LogP contribution is -2.34. The summed E-state index contributed by atoms with van der Waals surface area (Å²) in [6.07, 6.45) is 5.76. The van der Waals surface area contributed by atoms with Gasteiger partial charge in [-0.3, -0.25) is 4.79 Å². The molecule has 0 saturated carbocycles. The van der Waals surface area contributed by atoms with Crippen LogP contribution in [0.25, 0.3) is 0 Å². The number of methoxy groups -OCH3 is 2. The molecule has 1 aromatic carbocycles. The van der Waals surface area contributed by atoms with E-state index in [1.165, 1.54) is 25.2 Å². The van der Waals surface area contributed by atoms with Gasteiger partial charge in [-0.2, -0.15) is 0 Å². The molecule has 0 saturated heterocycles. The zero-order valence-corrected chi connectivity index (χ0v) is 15.0. The lowest BCUT2D eigenvalue weighted by molar-refractivity contribution is -0.139. The molecule has 140 valence electrons. The van der Waals surface area contributed by atoms with Crippen molar-refractivity contribution in [3.63, 3.8) is 0 Å². The first-order valence-corrected chi connectivity index (χ1v) is 8.13. The third kappa shape index (κ3) is 3.41. The van der Waals surface area contributed by atoms with Gasteiger partial charge in [0.25, 0.3) is 5.91 Å². The zero-order chi connectivity index (χ0) is 19.6. The Kier molecular flexibility index (Phi) is 4.98. The Morgan fingerprint density at radius 1 is 1.15 bits per heavy atom. The molecule has 1 N–H and O–H groups in total. The minimum absolute atomic E-state index is 0.00859. The van der Waals surface area contributed by atoms with E-state index in [9.17, 15) is 14.4 Å². The summed E-state index contributed by atoms with van der Waals surface area (Å²) in [5, 5.41) is 2.75. The Labute approximate surface area is 155 Å². The predicted molar refractivity (Wildman–Crippen MR) is 97.0 cm³/mol. The molecule has 0 bridgehead atoms. The van der Waals surface area contributed by atoms with Gasteiger partial charge < -0.3 is 24.4 Å². The third-order valence-corrected chi connectivity index (χ3v) is 4.06. The molecule has 8 heteroatoms. The van der Waals surface area contributed by atoms with Crippen LogP contribution in [0.3, 0.4) is 0 Å². The van der Waals surface area contributed by atoms with Crippen LogP contribution >= 0.6 is 0 Å². The van der Waals surface area contributed by atoms with Crippen LogP contribution in [0.15, 0.2) is 53.9 Å². The zero-order valence-electron chi connectivity index (χ0n) is 15.0. The van der Waals surface area contributed by atoms with E-state index in [1.54, 1.807) is 43.5 Å². The van der Waals surface area contributed by atoms with Crippen molar-refractivity contribution in [2.24, 2.45) is 0 Å². The topological polar surface area (TPSA) is 94.2 Å². The number of anilines is 2. The van der Waals surface area contributed by atoms with Gasteiger partial charge in [0.2, 0.25) is 0 Å². The van der Waals surface area contributed by atoms with E-state index in [-0.39, 0.29) is 17.2 Å². The number of ether oxygens (including phenoxy) is 3. The first-order valence-electron chi connectivity index (χ1n) is 8.13. The highest BCUT2D eigenvalue weighted by Gasteiger charge is 2.29. The monoisotopic (exact) mass is 370 g/mol. The Morgan fingerprint density at radius 3 is 2.59 bits per heavy atom. The molecule has 2 aliphatic rings. The summed E-state index contributed by atoms with van der Waals surface area (Å²) in [6, 6.07) is 5.03. The van der Waals surface area contributed by atoms with Crippen LogP contribution in [0, 0.1) is 0 Å². The van der Waals surface area contributed by atoms with Crippen molar-refractivity contribution in [2.75, 3.05) is 24.4 Å². The van der Waals surface area contributed by atoms with E-state index in [1.807, 2.05) is 0 Å². The van der Waals surface area contributed by atoms with Crippen LogP contribution in [0.4, 0.5) is 11.4 Å². The summed E-state index contributed by atoms with van der Waals surface area (Å²) in [5.74, 6) is -1.15. The molecular formula is C19H18N2O6. The first kappa shape index (κ1) is 18.2. The highest BCUT2D eigenvalue weighted by Crippen LogP contribution is 2.35. The van der Waals surface area contributed by atoms with Crippen LogP contribution in [0.2, 0.25) is 0 Å². The van der Waals surface area contributed by atoms with E-state index < -0.39 is 18.0 Å².